The highest BCUT2D eigenvalue weighted by Crippen LogP contribution is 2.27. The van der Waals surface area contributed by atoms with E-state index in [1.807, 2.05) is 18.0 Å². The average molecular weight is 248 g/mol. The standard InChI is InChI=1S/C13H20N4O/c1-4-10-7-13(15-8-14-10)16-11-5-12(6-11)17(3)9(2)18/h7-8,11-12H,4-6H2,1-3H3,(H,14,15,16). The van der Waals surface area contributed by atoms with Gasteiger partial charge < -0.3 is 10.2 Å². The second-order valence-corrected chi connectivity index (χ2v) is 4.84. The second-order valence-electron chi connectivity index (χ2n) is 4.84. The zero-order chi connectivity index (χ0) is 13.1. The number of aromatic nitrogens is 2. The zero-order valence-electron chi connectivity index (χ0n) is 11.2. The number of rotatable bonds is 4. The number of amides is 1. The van der Waals surface area contributed by atoms with Crippen LogP contribution in [-0.4, -0.2) is 39.9 Å². The molecule has 1 fully saturated rings. The number of nitrogens with zero attached hydrogens (tertiary/aromatic N) is 3. The van der Waals surface area contributed by atoms with Crippen LogP contribution in [-0.2, 0) is 11.2 Å². The molecule has 98 valence electrons. The highest BCUT2D eigenvalue weighted by Gasteiger charge is 2.33. The maximum Gasteiger partial charge on any atom is 0.219 e. The maximum absolute atomic E-state index is 11.2. The van der Waals surface area contributed by atoms with E-state index in [1.165, 1.54) is 0 Å². The number of hydrogen-bond acceptors (Lipinski definition) is 4. The molecule has 1 N–H and O–H groups in total. The second kappa shape index (κ2) is 5.33. The first kappa shape index (κ1) is 12.8. The molecule has 1 heterocycles. The number of carbonyl (C=O) groups excluding carboxylic acids is 1. The van der Waals surface area contributed by atoms with Gasteiger partial charge in [-0.1, -0.05) is 6.92 Å². The van der Waals surface area contributed by atoms with Crippen molar-refractivity contribution in [3.63, 3.8) is 0 Å². The highest BCUT2D eigenvalue weighted by molar-refractivity contribution is 5.73. The third-order valence-electron chi connectivity index (χ3n) is 3.60. The summed E-state index contributed by atoms with van der Waals surface area (Å²) in [6.07, 6.45) is 4.49. The van der Waals surface area contributed by atoms with Gasteiger partial charge in [-0.3, -0.25) is 4.79 Å². The van der Waals surface area contributed by atoms with Gasteiger partial charge in [-0.05, 0) is 19.3 Å². The molecule has 0 bridgehead atoms. The summed E-state index contributed by atoms with van der Waals surface area (Å²) in [6, 6.07) is 2.77. The topological polar surface area (TPSA) is 58.1 Å². The van der Waals surface area contributed by atoms with Crippen LogP contribution in [0.1, 0.15) is 32.4 Å². The Morgan fingerprint density at radius 2 is 2.22 bits per heavy atom. The number of anilines is 1. The molecule has 0 atom stereocenters. The van der Waals surface area contributed by atoms with Crippen molar-refractivity contribution in [2.75, 3.05) is 12.4 Å². The van der Waals surface area contributed by atoms with Gasteiger partial charge in [0, 0.05) is 37.8 Å². The Labute approximate surface area is 108 Å². The van der Waals surface area contributed by atoms with E-state index in [1.54, 1.807) is 13.3 Å². The molecule has 1 saturated carbocycles. The molecule has 1 aliphatic rings. The van der Waals surface area contributed by atoms with Crippen LogP contribution in [0.15, 0.2) is 12.4 Å². The molecule has 1 amide bonds. The van der Waals surface area contributed by atoms with Gasteiger partial charge in [0.2, 0.25) is 5.91 Å². The van der Waals surface area contributed by atoms with E-state index in [0.717, 1.165) is 30.8 Å². The molecular weight excluding hydrogens is 228 g/mol. The third-order valence-corrected chi connectivity index (χ3v) is 3.60. The molecule has 0 unspecified atom stereocenters. The minimum absolute atomic E-state index is 0.133. The predicted molar refractivity (Wildman–Crippen MR) is 70.3 cm³/mol. The first-order valence-electron chi connectivity index (χ1n) is 6.41. The molecule has 5 nitrogen and oxygen atoms in total. The maximum atomic E-state index is 11.2. The van der Waals surface area contributed by atoms with Crippen molar-refractivity contribution in [1.82, 2.24) is 14.9 Å². The van der Waals surface area contributed by atoms with Crippen LogP contribution >= 0.6 is 0 Å². The molecule has 0 spiro atoms. The van der Waals surface area contributed by atoms with E-state index in [4.69, 9.17) is 0 Å². The van der Waals surface area contributed by atoms with Crippen molar-refractivity contribution in [3.05, 3.63) is 18.1 Å². The Morgan fingerprint density at radius 3 is 2.83 bits per heavy atom. The van der Waals surface area contributed by atoms with Crippen LogP contribution in [0.3, 0.4) is 0 Å². The SMILES string of the molecule is CCc1cc(NC2CC(N(C)C(C)=O)C2)ncn1. The summed E-state index contributed by atoms with van der Waals surface area (Å²) in [5, 5.41) is 3.39. The molecule has 18 heavy (non-hydrogen) atoms. The first-order chi connectivity index (χ1) is 8.60. The van der Waals surface area contributed by atoms with Crippen LogP contribution in [0.2, 0.25) is 0 Å². The Kier molecular flexibility index (Phi) is 3.79. The molecule has 0 aromatic carbocycles. The summed E-state index contributed by atoms with van der Waals surface area (Å²) in [4.78, 5) is 21.4. The van der Waals surface area contributed by atoms with Gasteiger partial charge in [0.05, 0.1) is 0 Å². The largest absolute Gasteiger partial charge is 0.367 e. The monoisotopic (exact) mass is 248 g/mol. The highest BCUT2D eigenvalue weighted by atomic mass is 16.2. The molecule has 0 saturated heterocycles. The van der Waals surface area contributed by atoms with Gasteiger partial charge in [-0.15, -0.1) is 0 Å². The summed E-state index contributed by atoms with van der Waals surface area (Å²) < 4.78 is 0. The van der Waals surface area contributed by atoms with Crippen molar-refractivity contribution >= 4 is 11.7 Å². The molecule has 1 aromatic rings. The summed E-state index contributed by atoms with van der Waals surface area (Å²) in [7, 11) is 1.86. The fourth-order valence-electron chi connectivity index (χ4n) is 2.16. The summed E-state index contributed by atoms with van der Waals surface area (Å²) in [5.41, 5.74) is 1.05. The Morgan fingerprint density at radius 1 is 1.50 bits per heavy atom. The van der Waals surface area contributed by atoms with E-state index >= 15 is 0 Å². The summed E-state index contributed by atoms with van der Waals surface area (Å²) in [5.74, 6) is 1.02. The lowest BCUT2D eigenvalue weighted by Crippen LogP contribution is -2.50. The Balaban J connectivity index is 1.84. The smallest absolute Gasteiger partial charge is 0.219 e. The van der Waals surface area contributed by atoms with Gasteiger partial charge in [0.25, 0.3) is 0 Å². The lowest BCUT2D eigenvalue weighted by molar-refractivity contribution is -0.131. The van der Waals surface area contributed by atoms with Crippen LogP contribution in [0.4, 0.5) is 5.82 Å². The summed E-state index contributed by atoms with van der Waals surface area (Å²) in [6.45, 7) is 3.69. The zero-order valence-corrected chi connectivity index (χ0v) is 11.2. The van der Waals surface area contributed by atoms with Gasteiger partial charge in [0.1, 0.15) is 12.1 Å². The summed E-state index contributed by atoms with van der Waals surface area (Å²) >= 11 is 0. The van der Waals surface area contributed by atoms with E-state index in [2.05, 4.69) is 22.2 Å². The molecule has 1 aliphatic carbocycles. The third kappa shape index (κ3) is 2.78. The van der Waals surface area contributed by atoms with Crippen molar-refractivity contribution in [3.8, 4) is 0 Å². The van der Waals surface area contributed by atoms with Gasteiger partial charge in [-0.25, -0.2) is 9.97 Å². The van der Waals surface area contributed by atoms with Gasteiger partial charge in [-0.2, -0.15) is 0 Å². The lowest BCUT2D eigenvalue weighted by Gasteiger charge is -2.41. The van der Waals surface area contributed by atoms with Crippen molar-refractivity contribution < 1.29 is 4.79 Å². The molecule has 1 aromatic heterocycles. The number of aryl methyl sites for hydroxylation is 1. The molecule has 5 heteroatoms. The van der Waals surface area contributed by atoms with Crippen LogP contribution in [0.25, 0.3) is 0 Å². The van der Waals surface area contributed by atoms with Crippen molar-refractivity contribution in [2.45, 2.75) is 45.2 Å². The number of nitrogens with one attached hydrogen (secondary N) is 1. The predicted octanol–water partition coefficient (Wildman–Crippen LogP) is 1.46. The normalized spacial score (nSPS) is 22.2. The average Bonchev–Trinajstić information content (AvgIpc) is 2.32. The first-order valence-corrected chi connectivity index (χ1v) is 6.41. The Hall–Kier alpha value is -1.65. The van der Waals surface area contributed by atoms with Gasteiger partial charge in [0.15, 0.2) is 0 Å². The molecule has 0 aliphatic heterocycles. The molecular formula is C13H20N4O. The van der Waals surface area contributed by atoms with E-state index in [9.17, 15) is 4.79 Å². The van der Waals surface area contributed by atoms with Gasteiger partial charge >= 0.3 is 0 Å². The van der Waals surface area contributed by atoms with Crippen molar-refractivity contribution in [2.24, 2.45) is 0 Å². The van der Waals surface area contributed by atoms with E-state index in [-0.39, 0.29) is 5.91 Å². The Bertz CT molecular complexity index is 429. The number of carbonyl (C=O) groups is 1. The lowest BCUT2D eigenvalue weighted by atomic mass is 9.85. The van der Waals surface area contributed by atoms with E-state index < -0.39 is 0 Å². The van der Waals surface area contributed by atoms with Crippen LogP contribution in [0, 0.1) is 0 Å². The minimum Gasteiger partial charge on any atom is -0.367 e. The van der Waals surface area contributed by atoms with Crippen LogP contribution in [0.5, 0.6) is 0 Å². The fourth-order valence-corrected chi connectivity index (χ4v) is 2.16. The molecule has 0 radical (unpaired) electrons. The fraction of sp³-hybridized carbons (Fsp3) is 0.615. The quantitative estimate of drug-likeness (QED) is 0.876. The van der Waals surface area contributed by atoms with Crippen molar-refractivity contribution in [1.29, 1.82) is 0 Å². The number of hydrogen-bond donors (Lipinski definition) is 1. The van der Waals surface area contributed by atoms with E-state index in [0.29, 0.717) is 12.1 Å². The minimum atomic E-state index is 0.133. The molecule has 2 rings (SSSR count). The van der Waals surface area contributed by atoms with Crippen LogP contribution < -0.4 is 5.32 Å².